The predicted octanol–water partition coefficient (Wildman–Crippen LogP) is 5.63. The van der Waals surface area contributed by atoms with Crippen molar-refractivity contribution in [1.82, 2.24) is 0 Å². The molecule has 0 bridgehead atoms. The molecule has 0 saturated carbocycles. The van der Waals surface area contributed by atoms with Crippen molar-refractivity contribution in [3.05, 3.63) is 12.2 Å². The molecule has 108 valence electrons. The maximum atomic E-state index is 8.57. The number of hydrogen-bond donors (Lipinski definition) is 1. The van der Waals surface area contributed by atoms with Gasteiger partial charge in [0, 0.05) is 0 Å². The van der Waals surface area contributed by atoms with E-state index in [9.17, 15) is 0 Å². The molecule has 0 aliphatic rings. The normalized spacial score (nSPS) is 11.4. The van der Waals surface area contributed by atoms with E-state index in [2.05, 4.69) is 13.0 Å². The van der Waals surface area contributed by atoms with Crippen molar-refractivity contribution in [3.8, 4) is 0 Å². The molecule has 0 fully saturated rings. The average molecular weight is 254 g/mol. The van der Waals surface area contributed by atoms with Gasteiger partial charge in [-0.05, 0) is 12.8 Å². The fraction of sp³-hybridized carbons (Fsp3) is 0.882. The molecule has 0 unspecified atom stereocenters. The lowest BCUT2D eigenvalue weighted by molar-refractivity contribution is 0.342. The standard InChI is InChI=1S/C17H34O/c1-2-3-4-5-6-7-8-9-10-11-12-13-14-15-16-17-18/h15-16,18H,2-14,17H2,1H3. The minimum Gasteiger partial charge on any atom is -0.392 e. The van der Waals surface area contributed by atoms with Gasteiger partial charge in [0.25, 0.3) is 0 Å². The van der Waals surface area contributed by atoms with Gasteiger partial charge in [-0.2, -0.15) is 0 Å². The fourth-order valence-electron chi connectivity index (χ4n) is 2.30. The molecular formula is C17H34O. The zero-order valence-corrected chi connectivity index (χ0v) is 12.5. The molecule has 0 aliphatic heterocycles. The topological polar surface area (TPSA) is 20.2 Å². The van der Waals surface area contributed by atoms with Crippen LogP contribution in [0.1, 0.15) is 90.4 Å². The van der Waals surface area contributed by atoms with Gasteiger partial charge in [0.05, 0.1) is 6.61 Å². The summed E-state index contributed by atoms with van der Waals surface area (Å²) in [5.74, 6) is 0. The molecule has 0 amide bonds. The van der Waals surface area contributed by atoms with Crippen LogP contribution in [0, 0.1) is 0 Å². The Morgan fingerprint density at radius 3 is 1.50 bits per heavy atom. The summed E-state index contributed by atoms with van der Waals surface area (Å²) >= 11 is 0. The van der Waals surface area contributed by atoms with Crippen LogP contribution in [0.4, 0.5) is 0 Å². The highest BCUT2D eigenvalue weighted by Crippen LogP contribution is 2.12. The number of unbranched alkanes of at least 4 members (excludes halogenated alkanes) is 12. The fourth-order valence-corrected chi connectivity index (χ4v) is 2.30. The Balaban J connectivity index is 2.92. The number of rotatable bonds is 14. The van der Waals surface area contributed by atoms with Crippen molar-refractivity contribution in [1.29, 1.82) is 0 Å². The summed E-state index contributed by atoms with van der Waals surface area (Å²) in [6.45, 7) is 2.47. The van der Waals surface area contributed by atoms with Crippen molar-refractivity contribution < 1.29 is 5.11 Å². The van der Waals surface area contributed by atoms with Crippen LogP contribution in [0.15, 0.2) is 12.2 Å². The number of aliphatic hydroxyl groups is 1. The highest BCUT2D eigenvalue weighted by molar-refractivity contribution is 4.80. The maximum Gasteiger partial charge on any atom is 0.0612 e. The van der Waals surface area contributed by atoms with E-state index in [1.807, 2.05) is 6.08 Å². The highest BCUT2D eigenvalue weighted by Gasteiger charge is 1.92. The molecule has 0 radical (unpaired) electrons. The molecule has 0 rings (SSSR count). The summed E-state index contributed by atoms with van der Waals surface area (Å²) in [6.07, 6.45) is 22.0. The molecule has 1 nitrogen and oxygen atoms in total. The van der Waals surface area contributed by atoms with Crippen molar-refractivity contribution in [2.75, 3.05) is 6.61 Å². The first-order chi connectivity index (χ1) is 8.91. The van der Waals surface area contributed by atoms with Crippen LogP contribution in [-0.4, -0.2) is 11.7 Å². The van der Waals surface area contributed by atoms with Gasteiger partial charge in [-0.1, -0.05) is 89.7 Å². The molecule has 0 heterocycles. The Morgan fingerprint density at radius 1 is 0.611 bits per heavy atom. The van der Waals surface area contributed by atoms with Crippen LogP contribution in [-0.2, 0) is 0 Å². The van der Waals surface area contributed by atoms with Crippen LogP contribution in [0.2, 0.25) is 0 Å². The third-order valence-electron chi connectivity index (χ3n) is 3.50. The van der Waals surface area contributed by atoms with Gasteiger partial charge in [-0.15, -0.1) is 0 Å². The SMILES string of the molecule is CCCCCCCCCCCCCCC=CCO. The molecule has 1 N–H and O–H groups in total. The van der Waals surface area contributed by atoms with E-state index < -0.39 is 0 Å². The number of aliphatic hydroxyl groups excluding tert-OH is 1. The third-order valence-corrected chi connectivity index (χ3v) is 3.50. The van der Waals surface area contributed by atoms with Crippen molar-refractivity contribution in [3.63, 3.8) is 0 Å². The molecule has 0 spiro atoms. The minimum absolute atomic E-state index is 0.193. The first-order valence-corrected chi connectivity index (χ1v) is 8.17. The first-order valence-electron chi connectivity index (χ1n) is 8.17. The predicted molar refractivity (Wildman–Crippen MR) is 81.9 cm³/mol. The van der Waals surface area contributed by atoms with Crippen molar-refractivity contribution in [2.24, 2.45) is 0 Å². The molecule has 18 heavy (non-hydrogen) atoms. The summed E-state index contributed by atoms with van der Waals surface area (Å²) in [5.41, 5.74) is 0. The van der Waals surface area contributed by atoms with Gasteiger partial charge < -0.3 is 5.11 Å². The second-order valence-corrected chi connectivity index (χ2v) is 5.33. The third kappa shape index (κ3) is 15.7. The zero-order chi connectivity index (χ0) is 13.3. The smallest absolute Gasteiger partial charge is 0.0612 e. The van der Waals surface area contributed by atoms with E-state index in [4.69, 9.17) is 5.11 Å². The first kappa shape index (κ1) is 17.7. The quantitative estimate of drug-likeness (QED) is 0.315. The van der Waals surface area contributed by atoms with Gasteiger partial charge in [-0.25, -0.2) is 0 Å². The van der Waals surface area contributed by atoms with Gasteiger partial charge >= 0.3 is 0 Å². The van der Waals surface area contributed by atoms with Gasteiger partial charge in [0.1, 0.15) is 0 Å². The van der Waals surface area contributed by atoms with E-state index in [0.29, 0.717) is 0 Å². The van der Waals surface area contributed by atoms with Gasteiger partial charge in [0.2, 0.25) is 0 Å². The van der Waals surface area contributed by atoms with Crippen LogP contribution in [0.5, 0.6) is 0 Å². The number of allylic oxidation sites excluding steroid dienone is 1. The molecular weight excluding hydrogens is 220 g/mol. The Hall–Kier alpha value is -0.300. The molecule has 0 aromatic rings. The van der Waals surface area contributed by atoms with Crippen molar-refractivity contribution >= 4 is 0 Å². The van der Waals surface area contributed by atoms with Crippen LogP contribution in [0.25, 0.3) is 0 Å². The lowest BCUT2D eigenvalue weighted by Gasteiger charge is -2.02. The summed E-state index contributed by atoms with van der Waals surface area (Å²) in [7, 11) is 0. The molecule has 1 heteroatoms. The number of hydrogen-bond acceptors (Lipinski definition) is 1. The van der Waals surface area contributed by atoms with E-state index >= 15 is 0 Å². The molecule has 0 saturated heterocycles. The Morgan fingerprint density at radius 2 is 1.06 bits per heavy atom. The van der Waals surface area contributed by atoms with Crippen LogP contribution < -0.4 is 0 Å². The second-order valence-electron chi connectivity index (χ2n) is 5.33. The van der Waals surface area contributed by atoms with E-state index in [0.717, 1.165) is 6.42 Å². The summed E-state index contributed by atoms with van der Waals surface area (Å²) in [6, 6.07) is 0. The summed E-state index contributed by atoms with van der Waals surface area (Å²) < 4.78 is 0. The maximum absolute atomic E-state index is 8.57. The summed E-state index contributed by atoms with van der Waals surface area (Å²) in [4.78, 5) is 0. The largest absolute Gasteiger partial charge is 0.392 e. The molecule has 0 aliphatic carbocycles. The van der Waals surface area contributed by atoms with Crippen LogP contribution in [0.3, 0.4) is 0 Å². The van der Waals surface area contributed by atoms with E-state index in [1.54, 1.807) is 0 Å². The lowest BCUT2D eigenvalue weighted by atomic mass is 10.0. The minimum atomic E-state index is 0.193. The molecule has 0 aromatic carbocycles. The molecule has 0 aromatic heterocycles. The van der Waals surface area contributed by atoms with Crippen LogP contribution >= 0.6 is 0 Å². The monoisotopic (exact) mass is 254 g/mol. The highest BCUT2D eigenvalue weighted by atomic mass is 16.2. The molecule has 0 atom stereocenters. The van der Waals surface area contributed by atoms with E-state index in [-0.39, 0.29) is 6.61 Å². The van der Waals surface area contributed by atoms with Gasteiger partial charge in [0.15, 0.2) is 0 Å². The Labute approximate surface area is 115 Å². The summed E-state index contributed by atoms with van der Waals surface area (Å²) in [5, 5.41) is 8.57. The Kier molecular flexibility index (Phi) is 16.4. The average Bonchev–Trinajstić information content (AvgIpc) is 2.39. The van der Waals surface area contributed by atoms with Gasteiger partial charge in [-0.3, -0.25) is 0 Å². The zero-order valence-electron chi connectivity index (χ0n) is 12.5. The Bertz CT molecular complexity index is 163. The van der Waals surface area contributed by atoms with E-state index in [1.165, 1.54) is 77.0 Å². The second kappa shape index (κ2) is 16.7. The lowest BCUT2D eigenvalue weighted by Crippen LogP contribution is -1.82. The van der Waals surface area contributed by atoms with Crippen molar-refractivity contribution in [2.45, 2.75) is 90.4 Å².